The third-order valence-electron chi connectivity index (χ3n) is 3.28. The van der Waals surface area contributed by atoms with Crippen LogP contribution in [0.3, 0.4) is 0 Å². The minimum atomic E-state index is -0.553. The number of hydrogen-bond acceptors (Lipinski definition) is 6. The van der Waals surface area contributed by atoms with Crippen LogP contribution in [0.4, 0.5) is 17.3 Å². The fraction of sp³-hybridized carbons (Fsp3) is 0.312. The number of rotatable bonds is 6. The van der Waals surface area contributed by atoms with Crippen molar-refractivity contribution in [1.29, 1.82) is 0 Å². The van der Waals surface area contributed by atoms with E-state index in [4.69, 9.17) is 11.5 Å². The Morgan fingerprint density at radius 3 is 2.61 bits per heavy atom. The number of amides is 1. The summed E-state index contributed by atoms with van der Waals surface area (Å²) in [6.07, 6.45) is 1.44. The minimum absolute atomic E-state index is 0.0640. The van der Waals surface area contributed by atoms with Gasteiger partial charge in [0.25, 0.3) is 5.91 Å². The van der Waals surface area contributed by atoms with Crippen molar-refractivity contribution in [2.24, 2.45) is 11.5 Å². The van der Waals surface area contributed by atoms with Crippen molar-refractivity contribution in [3.05, 3.63) is 41.2 Å². The molecule has 0 aliphatic rings. The lowest BCUT2D eigenvalue weighted by Crippen LogP contribution is -2.26. The van der Waals surface area contributed by atoms with E-state index < -0.39 is 5.91 Å². The first-order valence-electron chi connectivity index (χ1n) is 7.38. The molecule has 7 nitrogen and oxygen atoms in total. The standard InChI is InChI=1S/C16H22N6O/c1-9-4-10(2)20-15(5-9)22-13-6-14(21-11(3)7-17)19-8-12(13)16(18)23/h4-6,8,11H,7,17H2,1-3H3,(H2,18,23)(H2,19,20,21,22). The summed E-state index contributed by atoms with van der Waals surface area (Å²) >= 11 is 0. The first-order chi connectivity index (χ1) is 10.9. The molecule has 2 heterocycles. The number of nitrogens with two attached hydrogens (primary N) is 2. The zero-order chi connectivity index (χ0) is 17.0. The van der Waals surface area contributed by atoms with E-state index in [1.807, 2.05) is 32.9 Å². The number of aryl methyl sites for hydroxylation is 2. The van der Waals surface area contributed by atoms with E-state index in [2.05, 4.69) is 20.6 Å². The Kier molecular flexibility index (Phi) is 5.13. The van der Waals surface area contributed by atoms with E-state index >= 15 is 0 Å². The van der Waals surface area contributed by atoms with Crippen LogP contribution in [0, 0.1) is 13.8 Å². The average molecular weight is 314 g/mol. The monoisotopic (exact) mass is 314 g/mol. The second-order valence-corrected chi connectivity index (χ2v) is 5.56. The highest BCUT2D eigenvalue weighted by Crippen LogP contribution is 2.23. The predicted molar refractivity (Wildman–Crippen MR) is 91.9 cm³/mol. The molecule has 122 valence electrons. The van der Waals surface area contributed by atoms with Crippen molar-refractivity contribution in [2.75, 3.05) is 17.2 Å². The molecule has 6 N–H and O–H groups in total. The molecule has 0 bridgehead atoms. The molecule has 1 unspecified atom stereocenters. The van der Waals surface area contributed by atoms with Gasteiger partial charge in [-0.2, -0.15) is 0 Å². The Labute approximate surface area is 135 Å². The largest absolute Gasteiger partial charge is 0.366 e. The van der Waals surface area contributed by atoms with E-state index in [1.165, 1.54) is 6.20 Å². The summed E-state index contributed by atoms with van der Waals surface area (Å²) in [7, 11) is 0. The molecule has 0 aliphatic carbocycles. The second-order valence-electron chi connectivity index (χ2n) is 5.56. The van der Waals surface area contributed by atoms with Crippen molar-refractivity contribution < 1.29 is 4.79 Å². The van der Waals surface area contributed by atoms with E-state index in [9.17, 15) is 4.79 Å². The molecular weight excluding hydrogens is 292 g/mol. The van der Waals surface area contributed by atoms with Crippen molar-refractivity contribution in [2.45, 2.75) is 26.8 Å². The first-order valence-corrected chi connectivity index (χ1v) is 7.38. The Bertz CT molecular complexity index is 695. The topological polar surface area (TPSA) is 119 Å². The number of anilines is 3. The molecule has 0 aromatic carbocycles. The molecule has 1 atom stereocenters. The van der Waals surface area contributed by atoms with E-state index in [-0.39, 0.29) is 6.04 Å². The summed E-state index contributed by atoms with van der Waals surface area (Å²) in [5, 5.41) is 6.30. The Balaban J connectivity index is 2.37. The highest BCUT2D eigenvalue weighted by atomic mass is 16.1. The number of aromatic nitrogens is 2. The predicted octanol–water partition coefficient (Wildman–Crippen LogP) is 1.70. The lowest BCUT2D eigenvalue weighted by atomic mass is 10.2. The van der Waals surface area contributed by atoms with Gasteiger partial charge >= 0.3 is 0 Å². The number of primary amides is 1. The molecule has 0 spiro atoms. The number of hydrogen-bond donors (Lipinski definition) is 4. The van der Waals surface area contributed by atoms with Gasteiger partial charge in [-0.25, -0.2) is 9.97 Å². The van der Waals surface area contributed by atoms with Gasteiger partial charge in [-0.3, -0.25) is 4.79 Å². The van der Waals surface area contributed by atoms with Crippen LogP contribution in [0.2, 0.25) is 0 Å². The number of carbonyl (C=O) groups excluding carboxylic acids is 1. The summed E-state index contributed by atoms with van der Waals surface area (Å²) in [5.74, 6) is 0.705. The van der Waals surface area contributed by atoms with Gasteiger partial charge in [-0.1, -0.05) is 0 Å². The van der Waals surface area contributed by atoms with Crippen LogP contribution < -0.4 is 22.1 Å². The third-order valence-corrected chi connectivity index (χ3v) is 3.28. The van der Waals surface area contributed by atoms with Gasteiger partial charge in [0, 0.05) is 30.5 Å². The Morgan fingerprint density at radius 1 is 1.26 bits per heavy atom. The SMILES string of the molecule is Cc1cc(C)nc(Nc2cc(NC(C)CN)ncc2C(N)=O)c1. The van der Waals surface area contributed by atoms with Crippen LogP contribution in [0.5, 0.6) is 0 Å². The molecule has 1 amide bonds. The van der Waals surface area contributed by atoms with Crippen molar-refractivity contribution >= 4 is 23.2 Å². The van der Waals surface area contributed by atoms with Crippen LogP contribution in [0.25, 0.3) is 0 Å². The van der Waals surface area contributed by atoms with Gasteiger partial charge in [0.05, 0.1) is 11.3 Å². The lowest BCUT2D eigenvalue weighted by Gasteiger charge is -2.15. The summed E-state index contributed by atoms with van der Waals surface area (Å²) < 4.78 is 0. The molecule has 23 heavy (non-hydrogen) atoms. The van der Waals surface area contributed by atoms with Gasteiger partial charge in [0.1, 0.15) is 11.6 Å². The summed E-state index contributed by atoms with van der Waals surface area (Å²) in [6.45, 7) is 6.32. The van der Waals surface area contributed by atoms with Crippen LogP contribution >= 0.6 is 0 Å². The zero-order valence-electron chi connectivity index (χ0n) is 13.6. The lowest BCUT2D eigenvalue weighted by molar-refractivity contribution is 0.100. The molecule has 7 heteroatoms. The van der Waals surface area contributed by atoms with Gasteiger partial charge in [-0.15, -0.1) is 0 Å². The summed E-state index contributed by atoms with van der Waals surface area (Å²) in [4.78, 5) is 20.2. The summed E-state index contributed by atoms with van der Waals surface area (Å²) in [5.41, 5.74) is 13.8. The van der Waals surface area contributed by atoms with Crippen LogP contribution in [-0.2, 0) is 0 Å². The number of pyridine rings is 2. The molecule has 0 saturated heterocycles. The molecule has 2 aromatic heterocycles. The molecule has 2 aromatic rings. The van der Waals surface area contributed by atoms with Gasteiger partial charge in [0.15, 0.2) is 0 Å². The normalized spacial score (nSPS) is 11.8. The maximum absolute atomic E-state index is 11.6. The summed E-state index contributed by atoms with van der Waals surface area (Å²) in [6, 6.07) is 5.66. The Morgan fingerprint density at radius 2 is 2.00 bits per heavy atom. The first kappa shape index (κ1) is 16.7. The fourth-order valence-electron chi connectivity index (χ4n) is 2.19. The molecule has 0 fully saturated rings. The third kappa shape index (κ3) is 4.40. The van der Waals surface area contributed by atoms with Crippen molar-refractivity contribution in [3.8, 4) is 0 Å². The maximum atomic E-state index is 11.6. The Hall–Kier alpha value is -2.67. The molecule has 2 rings (SSSR count). The fourth-order valence-corrected chi connectivity index (χ4v) is 2.19. The van der Waals surface area contributed by atoms with Crippen LogP contribution in [0.1, 0.15) is 28.5 Å². The average Bonchev–Trinajstić information content (AvgIpc) is 2.45. The van der Waals surface area contributed by atoms with Gasteiger partial charge in [-0.05, 0) is 38.5 Å². The molecule has 0 saturated carbocycles. The number of carbonyl (C=O) groups is 1. The smallest absolute Gasteiger partial charge is 0.252 e. The van der Waals surface area contributed by atoms with E-state index in [1.54, 1.807) is 6.07 Å². The quantitative estimate of drug-likeness (QED) is 0.644. The number of nitrogens with one attached hydrogen (secondary N) is 2. The van der Waals surface area contributed by atoms with Crippen molar-refractivity contribution in [1.82, 2.24) is 9.97 Å². The minimum Gasteiger partial charge on any atom is -0.366 e. The second kappa shape index (κ2) is 7.06. The highest BCUT2D eigenvalue weighted by Gasteiger charge is 2.12. The molecular formula is C16H22N6O. The van der Waals surface area contributed by atoms with E-state index in [0.29, 0.717) is 29.4 Å². The van der Waals surface area contributed by atoms with E-state index in [0.717, 1.165) is 11.3 Å². The van der Waals surface area contributed by atoms with Gasteiger partial charge < -0.3 is 22.1 Å². The van der Waals surface area contributed by atoms with Crippen LogP contribution in [-0.4, -0.2) is 28.5 Å². The van der Waals surface area contributed by atoms with Crippen molar-refractivity contribution in [3.63, 3.8) is 0 Å². The van der Waals surface area contributed by atoms with Gasteiger partial charge in [0.2, 0.25) is 0 Å². The van der Waals surface area contributed by atoms with Crippen LogP contribution in [0.15, 0.2) is 24.4 Å². The molecule has 0 aliphatic heterocycles. The number of nitrogens with zero attached hydrogens (tertiary/aromatic N) is 2. The molecule has 0 radical (unpaired) electrons. The highest BCUT2D eigenvalue weighted by molar-refractivity contribution is 5.99. The maximum Gasteiger partial charge on any atom is 0.252 e. The zero-order valence-corrected chi connectivity index (χ0v) is 13.6.